The van der Waals surface area contributed by atoms with Gasteiger partial charge in [0.05, 0.1) is 17.9 Å². The van der Waals surface area contributed by atoms with Gasteiger partial charge in [-0.05, 0) is 61.1 Å². The first kappa shape index (κ1) is 25.7. The smallest absolute Gasteiger partial charge is 0.246 e. The Bertz CT molecular complexity index is 1330. The van der Waals surface area contributed by atoms with Gasteiger partial charge in [-0.25, -0.2) is 4.39 Å². The number of carbonyl (C=O) groups is 3. The number of nitrogens with one attached hydrogen (secondary N) is 2. The van der Waals surface area contributed by atoms with Crippen LogP contribution in [0.25, 0.3) is 0 Å². The van der Waals surface area contributed by atoms with Crippen molar-refractivity contribution in [2.75, 3.05) is 5.32 Å². The van der Waals surface area contributed by atoms with Crippen LogP contribution < -0.4 is 10.6 Å². The van der Waals surface area contributed by atoms with Crippen molar-refractivity contribution in [2.45, 2.75) is 69.9 Å². The molecular weight excluding hydrogens is 497 g/mol. The summed E-state index contributed by atoms with van der Waals surface area (Å²) in [6.07, 6.45) is 7.16. The number of benzene rings is 2. The molecule has 7 atom stereocenters. The quantitative estimate of drug-likeness (QED) is 0.549. The number of amides is 3. The maximum atomic E-state index is 14.1. The lowest BCUT2D eigenvalue weighted by atomic mass is 9.74. The Morgan fingerprint density at radius 1 is 1.10 bits per heavy atom. The van der Waals surface area contributed by atoms with E-state index in [1.54, 1.807) is 12.1 Å². The van der Waals surface area contributed by atoms with E-state index in [0.29, 0.717) is 17.2 Å². The average Bonchev–Trinajstić information content (AvgIpc) is 3.54. The van der Waals surface area contributed by atoms with E-state index >= 15 is 0 Å². The van der Waals surface area contributed by atoms with Crippen LogP contribution in [0.2, 0.25) is 0 Å². The van der Waals surface area contributed by atoms with Crippen LogP contribution in [-0.2, 0) is 25.7 Å². The molecule has 8 heteroatoms. The van der Waals surface area contributed by atoms with E-state index in [1.165, 1.54) is 17.0 Å². The van der Waals surface area contributed by atoms with Crippen molar-refractivity contribution in [3.05, 3.63) is 77.6 Å². The van der Waals surface area contributed by atoms with E-state index in [9.17, 15) is 18.8 Å². The monoisotopic (exact) mass is 531 g/mol. The molecule has 3 amide bonds. The topological polar surface area (TPSA) is 87.7 Å². The minimum absolute atomic E-state index is 0.0208. The zero-order chi connectivity index (χ0) is 27.3. The molecule has 1 spiro atoms. The summed E-state index contributed by atoms with van der Waals surface area (Å²) in [5.74, 6) is -2.52. The molecule has 39 heavy (non-hydrogen) atoms. The normalized spacial score (nSPS) is 32.8. The van der Waals surface area contributed by atoms with Crippen molar-refractivity contribution in [3.8, 4) is 0 Å². The summed E-state index contributed by atoms with van der Waals surface area (Å²) in [5, 5.41) is 6.19. The molecule has 7 nitrogen and oxygen atoms in total. The summed E-state index contributed by atoms with van der Waals surface area (Å²) in [4.78, 5) is 43.3. The Balaban J connectivity index is 1.33. The lowest BCUT2D eigenvalue weighted by Crippen LogP contribution is -2.57. The number of fused-ring (bicyclic) bond motifs is 1. The maximum Gasteiger partial charge on any atom is 0.246 e. The largest absolute Gasteiger partial charge is 0.359 e. The lowest BCUT2D eigenvalue weighted by molar-refractivity contribution is -0.142. The van der Waals surface area contributed by atoms with Crippen molar-refractivity contribution in [2.24, 2.45) is 17.8 Å². The summed E-state index contributed by atoms with van der Waals surface area (Å²) < 4.78 is 20.0. The van der Waals surface area contributed by atoms with Crippen LogP contribution in [0.3, 0.4) is 0 Å². The van der Waals surface area contributed by atoms with Gasteiger partial charge in [0, 0.05) is 18.3 Å². The zero-order valence-corrected chi connectivity index (χ0v) is 22.2. The Morgan fingerprint density at radius 3 is 2.62 bits per heavy atom. The summed E-state index contributed by atoms with van der Waals surface area (Å²) in [6, 6.07) is 12.5. The molecule has 3 heterocycles. The van der Waals surface area contributed by atoms with E-state index in [-0.39, 0.29) is 36.1 Å². The van der Waals surface area contributed by atoms with E-state index < -0.39 is 29.6 Å². The van der Waals surface area contributed by atoms with Crippen LogP contribution in [0.4, 0.5) is 10.1 Å². The number of carbonyl (C=O) groups excluding carboxylic acids is 3. The van der Waals surface area contributed by atoms with Crippen LogP contribution >= 0.6 is 0 Å². The molecule has 0 unspecified atom stereocenters. The van der Waals surface area contributed by atoms with Gasteiger partial charge in [-0.2, -0.15) is 0 Å². The highest BCUT2D eigenvalue weighted by molar-refractivity contribution is 6.02. The van der Waals surface area contributed by atoms with Crippen LogP contribution in [0, 0.1) is 30.5 Å². The minimum Gasteiger partial charge on any atom is -0.359 e. The van der Waals surface area contributed by atoms with Gasteiger partial charge in [0.25, 0.3) is 0 Å². The Morgan fingerprint density at radius 2 is 1.87 bits per heavy atom. The molecule has 6 rings (SSSR count). The second-order valence-corrected chi connectivity index (χ2v) is 11.5. The molecule has 2 aromatic rings. The van der Waals surface area contributed by atoms with Crippen molar-refractivity contribution in [1.29, 1.82) is 0 Å². The SMILES string of the molecule is Cc1cccc(NC(=O)[C@H]2[C@H]3C=C[C@@]4(O3)[C@H]2C(=O)N(Cc2ccc(F)cc2)[C@@H]4C(=O)N[C@@H]2CCCC[C@H]2C)c1. The number of hydrogen-bond acceptors (Lipinski definition) is 4. The number of likely N-dealkylation sites (tertiary alicyclic amines) is 1. The van der Waals surface area contributed by atoms with Crippen molar-refractivity contribution < 1.29 is 23.5 Å². The fourth-order valence-electron chi connectivity index (χ4n) is 6.97. The average molecular weight is 532 g/mol. The summed E-state index contributed by atoms with van der Waals surface area (Å²) in [7, 11) is 0. The molecule has 0 radical (unpaired) electrons. The third-order valence-corrected chi connectivity index (χ3v) is 8.92. The first-order valence-electron chi connectivity index (χ1n) is 13.9. The predicted molar refractivity (Wildman–Crippen MR) is 144 cm³/mol. The highest BCUT2D eigenvalue weighted by atomic mass is 19.1. The van der Waals surface area contributed by atoms with Crippen molar-refractivity contribution in [1.82, 2.24) is 10.2 Å². The van der Waals surface area contributed by atoms with Crippen LogP contribution in [-0.4, -0.2) is 46.4 Å². The van der Waals surface area contributed by atoms with Crippen molar-refractivity contribution >= 4 is 23.4 Å². The molecule has 2 saturated heterocycles. The molecule has 3 fully saturated rings. The van der Waals surface area contributed by atoms with E-state index in [4.69, 9.17) is 4.74 Å². The van der Waals surface area contributed by atoms with Gasteiger partial charge in [0.1, 0.15) is 17.5 Å². The summed E-state index contributed by atoms with van der Waals surface area (Å²) in [5.41, 5.74) is 1.11. The number of hydrogen-bond donors (Lipinski definition) is 2. The van der Waals surface area contributed by atoms with Crippen LogP contribution in [0.15, 0.2) is 60.7 Å². The van der Waals surface area contributed by atoms with E-state index in [0.717, 1.165) is 31.2 Å². The molecule has 1 saturated carbocycles. The molecule has 2 bridgehead atoms. The van der Waals surface area contributed by atoms with Gasteiger partial charge in [-0.3, -0.25) is 14.4 Å². The number of halogens is 1. The highest BCUT2D eigenvalue weighted by Gasteiger charge is 2.72. The van der Waals surface area contributed by atoms with Crippen molar-refractivity contribution in [3.63, 3.8) is 0 Å². The van der Waals surface area contributed by atoms with E-state index in [2.05, 4.69) is 17.6 Å². The summed E-state index contributed by atoms with van der Waals surface area (Å²) >= 11 is 0. The maximum absolute atomic E-state index is 14.1. The second kappa shape index (κ2) is 9.90. The molecule has 0 aromatic heterocycles. The van der Waals surface area contributed by atoms with Gasteiger partial charge in [0.2, 0.25) is 17.7 Å². The third kappa shape index (κ3) is 4.44. The first-order chi connectivity index (χ1) is 18.8. The molecule has 2 aromatic carbocycles. The number of anilines is 1. The van der Waals surface area contributed by atoms with Gasteiger partial charge >= 0.3 is 0 Å². The molecular formula is C31H34FN3O4. The molecule has 204 valence electrons. The number of nitrogens with zero attached hydrogens (tertiary/aromatic N) is 1. The Kier molecular flexibility index (Phi) is 6.53. The molecule has 1 aliphatic carbocycles. The van der Waals surface area contributed by atoms with Gasteiger partial charge in [-0.1, -0.05) is 56.2 Å². The first-order valence-corrected chi connectivity index (χ1v) is 13.9. The number of rotatable bonds is 6. The number of ether oxygens (including phenoxy) is 1. The fraction of sp³-hybridized carbons (Fsp3) is 0.452. The van der Waals surface area contributed by atoms with Gasteiger partial charge < -0.3 is 20.3 Å². The molecule has 2 N–H and O–H groups in total. The Labute approximate surface area is 227 Å². The third-order valence-electron chi connectivity index (χ3n) is 8.92. The van der Waals surface area contributed by atoms with E-state index in [1.807, 2.05) is 43.3 Å². The van der Waals surface area contributed by atoms with Crippen LogP contribution in [0.5, 0.6) is 0 Å². The Hall–Kier alpha value is -3.52. The zero-order valence-electron chi connectivity index (χ0n) is 22.2. The van der Waals surface area contributed by atoms with Gasteiger partial charge in [0.15, 0.2) is 0 Å². The number of aryl methyl sites for hydroxylation is 1. The molecule has 3 aliphatic heterocycles. The standard InChI is InChI=1S/C31H34FN3O4/c1-18-6-5-8-22(16-18)33-28(36)25-24-14-15-31(39-24)26(25)30(38)35(17-20-10-12-21(32)13-11-20)27(31)29(37)34-23-9-4-3-7-19(23)2/h5-6,8,10-16,19,23-27H,3-4,7,9,17H2,1-2H3,(H,33,36)(H,34,37)/t19-,23-,24-,25+,26-,27-,31-/m1/s1. The second-order valence-electron chi connectivity index (χ2n) is 11.5. The lowest BCUT2D eigenvalue weighted by Gasteiger charge is -2.36. The minimum atomic E-state index is -1.24. The molecule has 4 aliphatic rings. The predicted octanol–water partition coefficient (Wildman–Crippen LogP) is 4.12. The van der Waals surface area contributed by atoms with Gasteiger partial charge in [-0.15, -0.1) is 0 Å². The van der Waals surface area contributed by atoms with Crippen LogP contribution in [0.1, 0.15) is 43.7 Å². The fourth-order valence-corrected chi connectivity index (χ4v) is 6.97. The highest BCUT2D eigenvalue weighted by Crippen LogP contribution is 2.55. The summed E-state index contributed by atoms with van der Waals surface area (Å²) in [6.45, 7) is 4.20.